The maximum absolute atomic E-state index is 5.45. The molecule has 3 heterocycles. The van der Waals surface area contributed by atoms with Crippen molar-refractivity contribution in [3.8, 4) is 33.9 Å². The summed E-state index contributed by atoms with van der Waals surface area (Å²) in [5, 5.41) is 4.58. The molecule has 0 aliphatic carbocycles. The third kappa shape index (κ3) is 2.03. The highest BCUT2D eigenvalue weighted by molar-refractivity contribution is 5.81. The van der Waals surface area contributed by atoms with Gasteiger partial charge in [-0.1, -0.05) is 0 Å². The Bertz CT molecular complexity index is 797. The molecule has 104 valence electrons. The number of fused-ring (bicyclic) bond motifs is 1. The van der Waals surface area contributed by atoms with E-state index in [0.29, 0.717) is 0 Å². The third-order valence-corrected chi connectivity index (χ3v) is 3.47. The summed E-state index contributed by atoms with van der Waals surface area (Å²) in [5.41, 5.74) is 4.08. The molecule has 0 N–H and O–H groups in total. The number of ether oxygens (including phenoxy) is 2. The molecule has 0 unspecified atom stereocenters. The molecular formula is C16H13N3O2. The van der Waals surface area contributed by atoms with Gasteiger partial charge in [0.05, 0.1) is 0 Å². The SMILES string of the molecule is Cn1cc(-c2ccncc2)c(-c2ccc3c(c2)OCO3)n1. The van der Waals surface area contributed by atoms with Crippen molar-refractivity contribution in [2.24, 2.45) is 7.05 Å². The first-order valence-electron chi connectivity index (χ1n) is 6.65. The lowest BCUT2D eigenvalue weighted by Gasteiger charge is -2.04. The van der Waals surface area contributed by atoms with Gasteiger partial charge in [0.25, 0.3) is 0 Å². The van der Waals surface area contributed by atoms with Crippen LogP contribution in [0.3, 0.4) is 0 Å². The minimum Gasteiger partial charge on any atom is -0.454 e. The van der Waals surface area contributed by atoms with E-state index in [1.54, 1.807) is 12.4 Å². The van der Waals surface area contributed by atoms with Crippen molar-refractivity contribution in [2.75, 3.05) is 6.79 Å². The molecule has 0 amide bonds. The first-order valence-corrected chi connectivity index (χ1v) is 6.65. The molecule has 0 saturated carbocycles. The van der Waals surface area contributed by atoms with Gasteiger partial charge in [0.1, 0.15) is 5.69 Å². The zero-order valence-corrected chi connectivity index (χ0v) is 11.5. The normalized spacial score (nSPS) is 12.6. The van der Waals surface area contributed by atoms with Crippen molar-refractivity contribution in [1.29, 1.82) is 0 Å². The number of hydrogen-bond donors (Lipinski definition) is 0. The molecule has 21 heavy (non-hydrogen) atoms. The van der Waals surface area contributed by atoms with Crippen molar-refractivity contribution in [2.45, 2.75) is 0 Å². The fourth-order valence-corrected chi connectivity index (χ4v) is 2.49. The Morgan fingerprint density at radius 1 is 1.00 bits per heavy atom. The summed E-state index contributed by atoms with van der Waals surface area (Å²) in [4.78, 5) is 4.06. The van der Waals surface area contributed by atoms with Crippen LogP contribution >= 0.6 is 0 Å². The standard InChI is InChI=1S/C16H13N3O2/c1-19-9-13(11-4-6-17-7-5-11)16(18-19)12-2-3-14-15(8-12)21-10-20-14/h2-9H,10H2,1H3. The average Bonchev–Trinajstić information content (AvgIpc) is 3.13. The van der Waals surface area contributed by atoms with Crippen LogP contribution in [-0.4, -0.2) is 21.6 Å². The van der Waals surface area contributed by atoms with Gasteiger partial charge in [-0.05, 0) is 35.9 Å². The Balaban J connectivity index is 1.86. The van der Waals surface area contributed by atoms with E-state index in [1.165, 1.54) is 0 Å². The Hall–Kier alpha value is -2.82. The Labute approximate surface area is 121 Å². The number of pyridine rings is 1. The summed E-state index contributed by atoms with van der Waals surface area (Å²) in [6, 6.07) is 9.85. The van der Waals surface area contributed by atoms with Gasteiger partial charge < -0.3 is 9.47 Å². The van der Waals surface area contributed by atoms with E-state index in [0.717, 1.165) is 33.9 Å². The van der Waals surface area contributed by atoms with Crippen molar-refractivity contribution < 1.29 is 9.47 Å². The quantitative estimate of drug-likeness (QED) is 0.723. The highest BCUT2D eigenvalue weighted by Crippen LogP contribution is 2.38. The van der Waals surface area contributed by atoms with Gasteiger partial charge in [0, 0.05) is 36.8 Å². The third-order valence-electron chi connectivity index (χ3n) is 3.47. The number of aromatic nitrogens is 3. The van der Waals surface area contributed by atoms with Crippen LogP contribution in [0.2, 0.25) is 0 Å². The van der Waals surface area contributed by atoms with Crippen LogP contribution in [0.15, 0.2) is 48.9 Å². The van der Waals surface area contributed by atoms with Crippen LogP contribution in [0, 0.1) is 0 Å². The monoisotopic (exact) mass is 279 g/mol. The second-order valence-corrected chi connectivity index (χ2v) is 4.87. The molecule has 4 rings (SSSR count). The van der Waals surface area contributed by atoms with Crippen LogP contribution in [0.4, 0.5) is 0 Å². The second kappa shape index (κ2) is 4.63. The van der Waals surface area contributed by atoms with Crippen molar-refractivity contribution in [3.05, 3.63) is 48.9 Å². The van der Waals surface area contributed by atoms with E-state index >= 15 is 0 Å². The van der Waals surface area contributed by atoms with E-state index < -0.39 is 0 Å². The molecule has 2 aromatic heterocycles. The fourth-order valence-electron chi connectivity index (χ4n) is 2.49. The molecule has 1 aliphatic heterocycles. The number of aryl methyl sites for hydroxylation is 1. The number of nitrogens with zero attached hydrogens (tertiary/aromatic N) is 3. The molecule has 1 aromatic carbocycles. The van der Waals surface area contributed by atoms with E-state index in [9.17, 15) is 0 Å². The highest BCUT2D eigenvalue weighted by atomic mass is 16.7. The average molecular weight is 279 g/mol. The number of benzene rings is 1. The van der Waals surface area contributed by atoms with Crippen LogP contribution < -0.4 is 9.47 Å². The summed E-state index contributed by atoms with van der Waals surface area (Å²) < 4.78 is 12.6. The largest absolute Gasteiger partial charge is 0.454 e. The lowest BCUT2D eigenvalue weighted by molar-refractivity contribution is 0.174. The van der Waals surface area contributed by atoms with Gasteiger partial charge in [-0.2, -0.15) is 5.10 Å². The van der Waals surface area contributed by atoms with Gasteiger partial charge in [-0.25, -0.2) is 0 Å². The van der Waals surface area contributed by atoms with Crippen molar-refractivity contribution in [1.82, 2.24) is 14.8 Å². The molecule has 0 atom stereocenters. The molecule has 0 radical (unpaired) electrons. The lowest BCUT2D eigenvalue weighted by atomic mass is 10.0. The molecule has 0 saturated heterocycles. The molecule has 3 aromatic rings. The first kappa shape index (κ1) is 12.0. The summed E-state index contributed by atoms with van der Waals surface area (Å²) in [7, 11) is 1.92. The minimum absolute atomic E-state index is 0.276. The van der Waals surface area contributed by atoms with Gasteiger partial charge in [0.2, 0.25) is 6.79 Å². The maximum atomic E-state index is 5.45. The van der Waals surface area contributed by atoms with Crippen molar-refractivity contribution in [3.63, 3.8) is 0 Å². The molecule has 0 bridgehead atoms. The summed E-state index contributed by atoms with van der Waals surface area (Å²) >= 11 is 0. The van der Waals surface area contributed by atoms with E-state index in [2.05, 4.69) is 10.1 Å². The van der Waals surface area contributed by atoms with E-state index in [4.69, 9.17) is 9.47 Å². The summed E-state index contributed by atoms with van der Waals surface area (Å²) in [6.07, 6.45) is 5.58. The summed E-state index contributed by atoms with van der Waals surface area (Å²) in [6.45, 7) is 0.276. The van der Waals surface area contributed by atoms with E-state index in [1.807, 2.05) is 48.3 Å². The first-order chi connectivity index (χ1) is 10.3. The zero-order chi connectivity index (χ0) is 14.2. The van der Waals surface area contributed by atoms with Crippen LogP contribution in [0.5, 0.6) is 11.5 Å². The van der Waals surface area contributed by atoms with Gasteiger partial charge in [-0.15, -0.1) is 0 Å². The number of hydrogen-bond acceptors (Lipinski definition) is 4. The zero-order valence-electron chi connectivity index (χ0n) is 11.5. The highest BCUT2D eigenvalue weighted by Gasteiger charge is 2.17. The predicted molar refractivity (Wildman–Crippen MR) is 78.0 cm³/mol. The van der Waals surface area contributed by atoms with Crippen LogP contribution in [0.1, 0.15) is 0 Å². The van der Waals surface area contributed by atoms with Gasteiger partial charge >= 0.3 is 0 Å². The molecule has 5 nitrogen and oxygen atoms in total. The Morgan fingerprint density at radius 2 is 1.81 bits per heavy atom. The van der Waals surface area contributed by atoms with Crippen LogP contribution in [-0.2, 0) is 7.05 Å². The molecule has 0 spiro atoms. The number of rotatable bonds is 2. The molecule has 0 fully saturated rings. The minimum atomic E-state index is 0.276. The Morgan fingerprint density at radius 3 is 2.67 bits per heavy atom. The van der Waals surface area contributed by atoms with Crippen LogP contribution in [0.25, 0.3) is 22.4 Å². The molecule has 5 heteroatoms. The van der Waals surface area contributed by atoms with Gasteiger partial charge in [0.15, 0.2) is 11.5 Å². The van der Waals surface area contributed by atoms with Crippen molar-refractivity contribution >= 4 is 0 Å². The summed E-state index contributed by atoms with van der Waals surface area (Å²) in [5.74, 6) is 1.54. The smallest absolute Gasteiger partial charge is 0.231 e. The molecule has 1 aliphatic rings. The predicted octanol–water partition coefficient (Wildman–Crippen LogP) is 2.88. The topological polar surface area (TPSA) is 49.2 Å². The van der Waals surface area contributed by atoms with Gasteiger partial charge in [-0.3, -0.25) is 9.67 Å². The fraction of sp³-hybridized carbons (Fsp3) is 0.125. The van der Waals surface area contributed by atoms with E-state index in [-0.39, 0.29) is 6.79 Å². The lowest BCUT2D eigenvalue weighted by Crippen LogP contribution is -1.92. The Kier molecular flexibility index (Phi) is 2.64. The molecular weight excluding hydrogens is 266 g/mol. The maximum Gasteiger partial charge on any atom is 0.231 e. The second-order valence-electron chi connectivity index (χ2n) is 4.87.